The van der Waals surface area contributed by atoms with Gasteiger partial charge < -0.3 is 9.30 Å². The van der Waals surface area contributed by atoms with Crippen molar-refractivity contribution in [1.82, 2.24) is 4.57 Å². The van der Waals surface area contributed by atoms with E-state index in [0.29, 0.717) is 6.04 Å². The predicted molar refractivity (Wildman–Crippen MR) is 103 cm³/mol. The van der Waals surface area contributed by atoms with Crippen LogP contribution in [0.25, 0.3) is 0 Å². The Morgan fingerprint density at radius 3 is 2.72 bits per heavy atom. The second-order valence-corrected chi connectivity index (χ2v) is 7.28. The number of aryl methyl sites for hydroxylation is 2. The van der Waals surface area contributed by atoms with Gasteiger partial charge in [-0.15, -0.1) is 11.3 Å². The van der Waals surface area contributed by atoms with Crippen LogP contribution in [0.4, 0.5) is 5.69 Å². The van der Waals surface area contributed by atoms with Crippen LogP contribution in [0.3, 0.4) is 0 Å². The first-order valence-corrected chi connectivity index (χ1v) is 9.57. The Bertz CT molecular complexity index is 937. The summed E-state index contributed by atoms with van der Waals surface area (Å²) in [6, 6.07) is 17.2. The highest BCUT2D eigenvalue weighted by Gasteiger charge is 2.23. The van der Waals surface area contributed by atoms with Crippen molar-refractivity contribution in [1.29, 1.82) is 0 Å². The lowest BCUT2D eigenvalue weighted by molar-refractivity contribution is 0.415. The zero-order valence-electron chi connectivity index (χ0n) is 14.6. The van der Waals surface area contributed by atoms with Gasteiger partial charge in [-0.1, -0.05) is 24.3 Å². The molecule has 0 saturated heterocycles. The van der Waals surface area contributed by atoms with Crippen molar-refractivity contribution in [2.45, 2.75) is 32.2 Å². The average Bonchev–Trinajstić information content (AvgIpc) is 3.02. The first-order chi connectivity index (χ1) is 12.3. The summed E-state index contributed by atoms with van der Waals surface area (Å²) in [5, 5.41) is 2.21. The lowest BCUT2D eigenvalue weighted by Crippen LogP contribution is -2.26. The molecular weight excluding hydrogens is 328 g/mol. The van der Waals surface area contributed by atoms with Gasteiger partial charge in [-0.2, -0.15) is 0 Å². The van der Waals surface area contributed by atoms with Crippen LogP contribution in [0.15, 0.2) is 58.9 Å². The number of nitrogens with zero attached hydrogens (tertiary/aromatic N) is 2. The number of benzene rings is 2. The van der Waals surface area contributed by atoms with Gasteiger partial charge in [0.1, 0.15) is 5.75 Å². The Kier molecular flexibility index (Phi) is 4.45. The van der Waals surface area contributed by atoms with Gasteiger partial charge in [-0.05, 0) is 61.6 Å². The minimum Gasteiger partial charge on any atom is -0.497 e. The molecule has 0 aliphatic heterocycles. The lowest BCUT2D eigenvalue weighted by atomic mass is 9.87. The fourth-order valence-corrected chi connectivity index (χ4v) is 4.56. The number of hydrogen-bond acceptors (Lipinski definition) is 3. The van der Waals surface area contributed by atoms with E-state index in [1.807, 2.05) is 24.3 Å². The maximum Gasteiger partial charge on any atom is 0.190 e. The minimum absolute atomic E-state index is 0.383. The first-order valence-electron chi connectivity index (χ1n) is 8.69. The van der Waals surface area contributed by atoms with E-state index < -0.39 is 0 Å². The molecule has 0 fully saturated rings. The molecule has 0 bridgehead atoms. The third kappa shape index (κ3) is 3.14. The molecule has 0 amide bonds. The highest BCUT2D eigenvalue weighted by Crippen LogP contribution is 2.33. The highest BCUT2D eigenvalue weighted by molar-refractivity contribution is 7.07. The molecule has 1 unspecified atom stereocenters. The highest BCUT2D eigenvalue weighted by atomic mass is 32.1. The Morgan fingerprint density at radius 1 is 1.12 bits per heavy atom. The quantitative estimate of drug-likeness (QED) is 0.651. The van der Waals surface area contributed by atoms with E-state index in [2.05, 4.69) is 41.1 Å². The van der Waals surface area contributed by atoms with Gasteiger partial charge in [0.2, 0.25) is 0 Å². The molecule has 1 aliphatic rings. The van der Waals surface area contributed by atoms with Gasteiger partial charge in [0.05, 0.1) is 18.8 Å². The second kappa shape index (κ2) is 6.89. The summed E-state index contributed by atoms with van der Waals surface area (Å²) in [6.07, 6.45) is 3.58. The van der Waals surface area contributed by atoms with E-state index in [4.69, 9.17) is 9.73 Å². The Balaban J connectivity index is 1.79. The Morgan fingerprint density at radius 2 is 1.92 bits per heavy atom. The number of rotatable bonds is 3. The van der Waals surface area contributed by atoms with Gasteiger partial charge in [-0.3, -0.25) is 0 Å². The number of thiazole rings is 1. The Labute approximate surface area is 152 Å². The van der Waals surface area contributed by atoms with E-state index in [9.17, 15) is 0 Å². The van der Waals surface area contributed by atoms with Crippen LogP contribution < -0.4 is 9.54 Å². The number of hydrogen-bond donors (Lipinski definition) is 0. The van der Waals surface area contributed by atoms with Crippen molar-refractivity contribution in [2.24, 2.45) is 4.99 Å². The van der Waals surface area contributed by atoms with Crippen LogP contribution in [0.5, 0.6) is 5.75 Å². The molecule has 1 heterocycles. The normalized spacial score (nSPS) is 17.4. The lowest BCUT2D eigenvalue weighted by Gasteiger charge is -2.27. The van der Waals surface area contributed by atoms with Crippen LogP contribution >= 0.6 is 11.3 Å². The molecule has 0 saturated carbocycles. The van der Waals surface area contributed by atoms with Gasteiger partial charge in [0.15, 0.2) is 4.80 Å². The number of methoxy groups -OCH3 is 1. The summed E-state index contributed by atoms with van der Waals surface area (Å²) in [5.41, 5.74) is 5.16. The molecule has 3 aromatic rings. The van der Waals surface area contributed by atoms with E-state index in [-0.39, 0.29) is 0 Å². The summed E-state index contributed by atoms with van der Waals surface area (Å²) in [7, 11) is 1.68. The maximum atomic E-state index is 5.24. The zero-order chi connectivity index (χ0) is 17.2. The molecule has 3 nitrogen and oxygen atoms in total. The molecule has 0 spiro atoms. The third-order valence-electron chi connectivity index (χ3n) is 4.87. The van der Waals surface area contributed by atoms with Crippen molar-refractivity contribution in [3.63, 3.8) is 0 Å². The largest absolute Gasteiger partial charge is 0.497 e. The summed E-state index contributed by atoms with van der Waals surface area (Å²) in [6.45, 7) is 2.18. The first kappa shape index (κ1) is 16.2. The van der Waals surface area contributed by atoms with Gasteiger partial charge in [-0.25, -0.2) is 4.99 Å². The molecule has 4 heteroatoms. The SMILES string of the molecule is COc1ccc(N=c2scc(C)n2C2CCCc3ccccc32)cc1. The number of ether oxygens (including phenoxy) is 1. The summed E-state index contributed by atoms with van der Waals surface area (Å²) in [5.74, 6) is 0.857. The van der Waals surface area contributed by atoms with Crippen molar-refractivity contribution < 1.29 is 4.74 Å². The van der Waals surface area contributed by atoms with E-state index in [1.165, 1.54) is 36.1 Å². The molecule has 1 aliphatic carbocycles. The van der Waals surface area contributed by atoms with Crippen molar-refractivity contribution in [3.8, 4) is 5.75 Å². The molecule has 0 N–H and O–H groups in total. The average molecular weight is 350 g/mol. The van der Waals surface area contributed by atoms with Gasteiger partial charge >= 0.3 is 0 Å². The van der Waals surface area contributed by atoms with E-state index in [1.54, 1.807) is 18.4 Å². The van der Waals surface area contributed by atoms with Gasteiger partial charge in [0.25, 0.3) is 0 Å². The fraction of sp³-hybridized carbons (Fsp3) is 0.286. The Hall–Kier alpha value is -2.33. The van der Waals surface area contributed by atoms with Crippen molar-refractivity contribution >= 4 is 17.0 Å². The predicted octanol–water partition coefficient (Wildman–Crippen LogP) is 5.02. The van der Waals surface area contributed by atoms with Crippen molar-refractivity contribution in [3.05, 3.63) is 75.5 Å². The van der Waals surface area contributed by atoms with Crippen LogP contribution in [-0.2, 0) is 6.42 Å². The standard InChI is InChI=1S/C21H22N2OS/c1-15-14-25-21(22-17-10-12-18(24-2)13-11-17)23(15)20-9-5-7-16-6-3-4-8-19(16)20/h3-4,6,8,10-14,20H,5,7,9H2,1-2H3. The summed E-state index contributed by atoms with van der Waals surface area (Å²) < 4.78 is 7.65. The molecule has 2 aromatic carbocycles. The molecule has 1 atom stereocenters. The van der Waals surface area contributed by atoms with Crippen LogP contribution in [0.1, 0.15) is 35.7 Å². The molecule has 1 aromatic heterocycles. The zero-order valence-corrected chi connectivity index (χ0v) is 15.4. The molecule has 128 valence electrons. The fourth-order valence-electron chi connectivity index (χ4n) is 3.63. The van der Waals surface area contributed by atoms with E-state index in [0.717, 1.165) is 16.2 Å². The number of aromatic nitrogens is 1. The minimum atomic E-state index is 0.383. The third-order valence-corrected chi connectivity index (χ3v) is 5.83. The summed E-state index contributed by atoms with van der Waals surface area (Å²) >= 11 is 1.71. The molecule has 25 heavy (non-hydrogen) atoms. The molecule has 0 radical (unpaired) electrons. The summed E-state index contributed by atoms with van der Waals surface area (Å²) in [4.78, 5) is 5.97. The molecule has 4 rings (SSSR count). The van der Waals surface area contributed by atoms with Gasteiger partial charge in [0, 0.05) is 11.1 Å². The molecular formula is C21H22N2OS. The smallest absolute Gasteiger partial charge is 0.190 e. The van der Waals surface area contributed by atoms with E-state index >= 15 is 0 Å². The topological polar surface area (TPSA) is 26.5 Å². The van der Waals surface area contributed by atoms with Crippen molar-refractivity contribution in [2.75, 3.05) is 7.11 Å². The monoisotopic (exact) mass is 350 g/mol. The van der Waals surface area contributed by atoms with Crippen LogP contribution in [0.2, 0.25) is 0 Å². The number of fused-ring (bicyclic) bond motifs is 1. The maximum absolute atomic E-state index is 5.24. The second-order valence-electron chi connectivity index (χ2n) is 6.45. The van der Waals surface area contributed by atoms with Crippen LogP contribution in [0, 0.1) is 6.92 Å². The van der Waals surface area contributed by atoms with Crippen LogP contribution in [-0.4, -0.2) is 11.7 Å².